The van der Waals surface area contributed by atoms with E-state index in [1.165, 1.54) is 15.6 Å². The average molecular weight is 248 g/mol. The van der Waals surface area contributed by atoms with Crippen LogP contribution >= 0.6 is 27.3 Å². The Morgan fingerprint density at radius 2 is 2.17 bits per heavy atom. The lowest BCUT2D eigenvalue weighted by molar-refractivity contribution is 0.643. The molecule has 0 aliphatic heterocycles. The van der Waals surface area contributed by atoms with Crippen LogP contribution in [0.25, 0.3) is 0 Å². The maximum atomic E-state index is 4.51. The first-order valence-corrected chi connectivity index (χ1v) is 6.08. The van der Waals surface area contributed by atoms with Crippen LogP contribution in [0.1, 0.15) is 29.4 Å². The minimum Gasteiger partial charge on any atom is -0.246 e. The van der Waals surface area contributed by atoms with Gasteiger partial charge in [0.1, 0.15) is 0 Å². The third kappa shape index (κ3) is 2.56. The predicted molar refractivity (Wildman–Crippen MR) is 58.0 cm³/mol. The van der Waals surface area contributed by atoms with Crippen LogP contribution in [0, 0.1) is 12.8 Å². The van der Waals surface area contributed by atoms with Crippen molar-refractivity contribution in [3.63, 3.8) is 0 Å². The lowest BCUT2D eigenvalue weighted by Gasteiger charge is -1.97. The molecule has 0 saturated carbocycles. The summed E-state index contributed by atoms with van der Waals surface area (Å²) in [4.78, 5) is 5.88. The molecule has 0 bridgehead atoms. The van der Waals surface area contributed by atoms with Crippen molar-refractivity contribution in [3.8, 4) is 0 Å². The number of alkyl halides is 1. The van der Waals surface area contributed by atoms with Gasteiger partial charge in [-0.05, 0) is 12.8 Å². The Bertz CT molecular complexity index is 255. The molecule has 1 aromatic heterocycles. The minimum atomic E-state index is 0.707. The Labute approximate surface area is 86.3 Å². The highest BCUT2D eigenvalue weighted by atomic mass is 79.9. The lowest BCUT2D eigenvalue weighted by Crippen LogP contribution is -1.92. The van der Waals surface area contributed by atoms with Gasteiger partial charge in [-0.1, -0.05) is 29.8 Å². The summed E-state index contributed by atoms with van der Waals surface area (Å²) in [6.07, 6.45) is 1.11. The zero-order valence-corrected chi connectivity index (χ0v) is 10.1. The molecule has 1 rings (SSSR count). The molecular weight excluding hydrogens is 234 g/mol. The van der Waals surface area contributed by atoms with Crippen molar-refractivity contribution in [2.75, 3.05) is 0 Å². The third-order valence-corrected chi connectivity index (χ3v) is 3.75. The zero-order valence-electron chi connectivity index (χ0n) is 7.72. The van der Waals surface area contributed by atoms with E-state index in [0.29, 0.717) is 5.92 Å². The Balaban J connectivity index is 2.75. The molecule has 12 heavy (non-hydrogen) atoms. The van der Waals surface area contributed by atoms with E-state index in [4.69, 9.17) is 0 Å². The van der Waals surface area contributed by atoms with Gasteiger partial charge in [-0.3, -0.25) is 0 Å². The van der Waals surface area contributed by atoms with E-state index in [9.17, 15) is 0 Å². The van der Waals surface area contributed by atoms with Gasteiger partial charge in [0.15, 0.2) is 0 Å². The van der Waals surface area contributed by atoms with Gasteiger partial charge in [0, 0.05) is 16.6 Å². The number of hydrogen-bond acceptors (Lipinski definition) is 2. The maximum Gasteiger partial charge on any atom is 0.0933 e. The van der Waals surface area contributed by atoms with Crippen LogP contribution in [0.2, 0.25) is 0 Å². The second-order valence-corrected chi connectivity index (χ2v) is 5.08. The molecule has 0 N–H and O–H groups in total. The first-order chi connectivity index (χ1) is 5.63. The molecule has 1 heterocycles. The second kappa shape index (κ2) is 4.38. The summed E-state index contributed by atoms with van der Waals surface area (Å²) in [7, 11) is 0. The maximum absolute atomic E-state index is 4.51. The SMILES string of the molecule is Cc1nc(CC(C)C)sc1CBr. The molecule has 0 saturated heterocycles. The molecule has 0 aromatic carbocycles. The van der Waals surface area contributed by atoms with Crippen molar-refractivity contribution >= 4 is 27.3 Å². The first kappa shape index (κ1) is 10.2. The van der Waals surface area contributed by atoms with Crippen LogP contribution in [0.4, 0.5) is 0 Å². The van der Waals surface area contributed by atoms with Crippen LogP contribution in [0.5, 0.6) is 0 Å². The van der Waals surface area contributed by atoms with Crippen LogP contribution < -0.4 is 0 Å². The van der Waals surface area contributed by atoms with Gasteiger partial charge >= 0.3 is 0 Å². The van der Waals surface area contributed by atoms with Gasteiger partial charge < -0.3 is 0 Å². The molecule has 0 unspecified atom stereocenters. The van der Waals surface area contributed by atoms with E-state index in [1.54, 1.807) is 0 Å². The molecular formula is C9H14BrNS. The Kier molecular flexibility index (Phi) is 3.72. The Morgan fingerprint density at radius 1 is 1.50 bits per heavy atom. The summed E-state index contributed by atoms with van der Waals surface area (Å²) in [5, 5.41) is 2.21. The van der Waals surface area contributed by atoms with Crippen molar-refractivity contribution in [2.24, 2.45) is 5.92 Å². The van der Waals surface area contributed by atoms with E-state index >= 15 is 0 Å². The summed E-state index contributed by atoms with van der Waals surface area (Å²) in [5.41, 5.74) is 1.19. The molecule has 1 nitrogen and oxygen atoms in total. The van der Waals surface area contributed by atoms with Gasteiger partial charge in [0.05, 0.1) is 10.7 Å². The van der Waals surface area contributed by atoms with Crippen molar-refractivity contribution in [1.82, 2.24) is 4.98 Å². The first-order valence-electron chi connectivity index (χ1n) is 4.14. The molecule has 1 aromatic rings. The highest BCUT2D eigenvalue weighted by Gasteiger charge is 2.07. The molecule has 68 valence electrons. The van der Waals surface area contributed by atoms with E-state index in [2.05, 4.69) is 41.7 Å². The molecule has 0 aliphatic carbocycles. The normalized spacial score (nSPS) is 11.1. The number of thiazole rings is 1. The smallest absolute Gasteiger partial charge is 0.0933 e. The summed E-state index contributed by atoms with van der Waals surface area (Å²) in [5.74, 6) is 0.707. The average Bonchev–Trinajstić information content (AvgIpc) is 2.29. The number of rotatable bonds is 3. The molecule has 0 spiro atoms. The fraction of sp³-hybridized carbons (Fsp3) is 0.667. The van der Waals surface area contributed by atoms with E-state index in [1.807, 2.05) is 11.3 Å². The van der Waals surface area contributed by atoms with E-state index in [-0.39, 0.29) is 0 Å². The second-order valence-electron chi connectivity index (χ2n) is 3.35. The number of halogens is 1. The summed E-state index contributed by atoms with van der Waals surface area (Å²) < 4.78 is 0. The largest absolute Gasteiger partial charge is 0.246 e. The monoisotopic (exact) mass is 247 g/mol. The van der Waals surface area contributed by atoms with Gasteiger partial charge in [0.2, 0.25) is 0 Å². The Morgan fingerprint density at radius 3 is 2.58 bits per heavy atom. The van der Waals surface area contributed by atoms with Crippen LogP contribution in [-0.2, 0) is 11.8 Å². The quantitative estimate of drug-likeness (QED) is 0.745. The van der Waals surface area contributed by atoms with Crippen molar-refractivity contribution in [1.29, 1.82) is 0 Å². The fourth-order valence-corrected chi connectivity index (χ4v) is 2.93. The van der Waals surface area contributed by atoms with Crippen LogP contribution in [-0.4, -0.2) is 4.98 Å². The number of hydrogen-bond donors (Lipinski definition) is 0. The van der Waals surface area contributed by atoms with E-state index < -0.39 is 0 Å². The summed E-state index contributed by atoms with van der Waals surface area (Å²) >= 11 is 5.29. The van der Waals surface area contributed by atoms with E-state index in [0.717, 1.165) is 11.8 Å². The fourth-order valence-electron chi connectivity index (χ4n) is 1.05. The predicted octanol–water partition coefficient (Wildman–Crippen LogP) is 3.54. The molecule has 0 radical (unpaired) electrons. The summed E-state index contributed by atoms with van der Waals surface area (Å²) in [6.45, 7) is 6.53. The standard InChI is InChI=1S/C9H14BrNS/c1-6(2)4-9-11-7(3)8(5-10)12-9/h6H,4-5H2,1-3H3. The topological polar surface area (TPSA) is 12.9 Å². The highest BCUT2D eigenvalue weighted by Crippen LogP contribution is 2.22. The van der Waals surface area contributed by atoms with Crippen molar-refractivity contribution in [3.05, 3.63) is 15.6 Å². The third-order valence-electron chi connectivity index (χ3n) is 1.64. The summed E-state index contributed by atoms with van der Waals surface area (Å²) in [6, 6.07) is 0. The number of aromatic nitrogens is 1. The van der Waals surface area contributed by atoms with Gasteiger partial charge in [-0.2, -0.15) is 0 Å². The molecule has 0 atom stereocenters. The number of nitrogens with zero attached hydrogens (tertiary/aromatic N) is 1. The van der Waals surface area contributed by atoms with Gasteiger partial charge in [0.25, 0.3) is 0 Å². The lowest BCUT2D eigenvalue weighted by atomic mass is 10.1. The molecule has 0 amide bonds. The molecule has 3 heteroatoms. The van der Waals surface area contributed by atoms with Crippen molar-refractivity contribution in [2.45, 2.75) is 32.5 Å². The molecule has 0 fully saturated rings. The number of aryl methyl sites for hydroxylation is 1. The van der Waals surface area contributed by atoms with Crippen molar-refractivity contribution < 1.29 is 0 Å². The molecule has 0 aliphatic rings. The zero-order chi connectivity index (χ0) is 9.14. The van der Waals surface area contributed by atoms with Gasteiger partial charge in [-0.25, -0.2) is 4.98 Å². The highest BCUT2D eigenvalue weighted by molar-refractivity contribution is 9.08. The minimum absolute atomic E-state index is 0.707. The van der Waals surface area contributed by atoms with Crippen LogP contribution in [0.15, 0.2) is 0 Å². The Hall–Kier alpha value is 0.110. The van der Waals surface area contributed by atoms with Crippen LogP contribution in [0.3, 0.4) is 0 Å². The van der Waals surface area contributed by atoms with Gasteiger partial charge in [-0.15, -0.1) is 11.3 Å².